The van der Waals surface area contributed by atoms with Gasteiger partial charge in [-0.05, 0) is 12.1 Å². The van der Waals surface area contributed by atoms with E-state index in [-0.39, 0.29) is 5.91 Å². The Labute approximate surface area is 109 Å². The maximum Gasteiger partial charge on any atom is 0.231 e. The number of para-hydroxylation sites is 1. The molecule has 0 aliphatic carbocycles. The highest BCUT2D eigenvalue weighted by Gasteiger charge is 2.50. The molecule has 1 N–H and O–H groups in total. The molecule has 2 bridgehead atoms. The van der Waals surface area contributed by atoms with Crippen LogP contribution in [0.5, 0.6) is 0 Å². The minimum Gasteiger partial charge on any atom is -0.550 e. The first-order chi connectivity index (χ1) is 9.16. The summed E-state index contributed by atoms with van der Waals surface area (Å²) in [5.74, 6) is -3.25. The molecule has 5 nitrogen and oxygen atoms in total. The van der Waals surface area contributed by atoms with E-state index in [4.69, 9.17) is 4.74 Å². The third-order valence-corrected chi connectivity index (χ3v) is 3.52. The van der Waals surface area contributed by atoms with Gasteiger partial charge in [-0.25, -0.2) is 0 Å². The van der Waals surface area contributed by atoms with Crippen molar-refractivity contribution < 1.29 is 19.4 Å². The van der Waals surface area contributed by atoms with Gasteiger partial charge in [-0.2, -0.15) is 0 Å². The summed E-state index contributed by atoms with van der Waals surface area (Å²) >= 11 is 0. The molecule has 1 fully saturated rings. The molecule has 2 heterocycles. The van der Waals surface area contributed by atoms with E-state index in [1.54, 1.807) is 36.4 Å². The molecule has 0 saturated carbocycles. The number of carbonyl (C=O) groups is 2. The van der Waals surface area contributed by atoms with Crippen molar-refractivity contribution in [2.45, 2.75) is 12.2 Å². The highest BCUT2D eigenvalue weighted by atomic mass is 16.5. The summed E-state index contributed by atoms with van der Waals surface area (Å²) in [5.41, 5.74) is 0.636. The van der Waals surface area contributed by atoms with Crippen LogP contribution in [0.15, 0.2) is 42.5 Å². The molecule has 0 unspecified atom stereocenters. The summed E-state index contributed by atoms with van der Waals surface area (Å²) < 4.78 is 5.42. The van der Waals surface area contributed by atoms with E-state index in [2.05, 4.69) is 5.32 Å². The number of aliphatic carboxylic acids is 1. The summed E-state index contributed by atoms with van der Waals surface area (Å²) in [6.07, 6.45) is 2.38. The van der Waals surface area contributed by atoms with Crippen molar-refractivity contribution >= 4 is 17.6 Å². The molecule has 2 aliphatic rings. The van der Waals surface area contributed by atoms with Crippen LogP contribution < -0.4 is 10.4 Å². The molecule has 1 saturated heterocycles. The fourth-order valence-corrected chi connectivity index (χ4v) is 2.65. The molecule has 1 amide bonds. The molecule has 4 atom stereocenters. The van der Waals surface area contributed by atoms with Crippen LogP contribution in [0.4, 0.5) is 5.69 Å². The third kappa shape index (κ3) is 2.02. The minimum atomic E-state index is -1.25. The predicted octanol–water partition coefficient (Wildman–Crippen LogP) is -0.0554. The molecule has 0 radical (unpaired) electrons. The van der Waals surface area contributed by atoms with Crippen molar-refractivity contribution in [3.63, 3.8) is 0 Å². The van der Waals surface area contributed by atoms with Gasteiger partial charge >= 0.3 is 0 Å². The Bertz CT molecular complexity index is 540. The van der Waals surface area contributed by atoms with Gasteiger partial charge in [-0.15, -0.1) is 0 Å². The number of carbonyl (C=O) groups excluding carboxylic acids is 2. The Kier molecular flexibility index (Phi) is 2.83. The molecular weight excluding hydrogens is 246 g/mol. The fourth-order valence-electron chi connectivity index (χ4n) is 2.65. The smallest absolute Gasteiger partial charge is 0.231 e. The number of hydrogen-bond acceptors (Lipinski definition) is 4. The monoisotopic (exact) mass is 258 g/mol. The van der Waals surface area contributed by atoms with Crippen LogP contribution in [0.1, 0.15) is 0 Å². The van der Waals surface area contributed by atoms with E-state index in [1.807, 2.05) is 6.07 Å². The first-order valence-corrected chi connectivity index (χ1v) is 6.07. The van der Waals surface area contributed by atoms with E-state index in [0.717, 1.165) is 0 Å². The van der Waals surface area contributed by atoms with Crippen LogP contribution in [0.2, 0.25) is 0 Å². The molecule has 0 spiro atoms. The number of carboxylic acids is 1. The summed E-state index contributed by atoms with van der Waals surface area (Å²) in [6.45, 7) is 0. The summed E-state index contributed by atoms with van der Waals surface area (Å²) in [6, 6.07) is 8.92. The van der Waals surface area contributed by atoms with Gasteiger partial charge in [0.2, 0.25) is 5.91 Å². The molecule has 1 aromatic rings. The largest absolute Gasteiger partial charge is 0.550 e. The first kappa shape index (κ1) is 11.9. The number of nitrogens with one attached hydrogen (secondary N) is 1. The minimum absolute atomic E-state index is 0.350. The number of carboxylic acid groups (broad SMARTS) is 1. The zero-order valence-corrected chi connectivity index (χ0v) is 9.98. The van der Waals surface area contributed by atoms with Crippen molar-refractivity contribution in [2.75, 3.05) is 5.32 Å². The van der Waals surface area contributed by atoms with Gasteiger partial charge in [0.1, 0.15) is 0 Å². The fraction of sp³-hybridized carbons (Fsp3) is 0.286. The zero-order chi connectivity index (χ0) is 13.4. The quantitative estimate of drug-likeness (QED) is 0.771. The van der Waals surface area contributed by atoms with E-state index in [0.29, 0.717) is 5.69 Å². The van der Waals surface area contributed by atoms with Gasteiger partial charge in [0.25, 0.3) is 0 Å². The molecule has 98 valence electrons. The van der Waals surface area contributed by atoms with Gasteiger partial charge in [-0.1, -0.05) is 30.4 Å². The lowest BCUT2D eigenvalue weighted by Gasteiger charge is -2.24. The van der Waals surface area contributed by atoms with Gasteiger partial charge in [-0.3, -0.25) is 4.79 Å². The van der Waals surface area contributed by atoms with Crippen molar-refractivity contribution in [1.29, 1.82) is 0 Å². The average molecular weight is 258 g/mol. The summed E-state index contributed by atoms with van der Waals surface area (Å²) in [5, 5.41) is 13.9. The maximum absolute atomic E-state index is 12.2. The van der Waals surface area contributed by atoms with Crippen LogP contribution in [0.3, 0.4) is 0 Å². The Morgan fingerprint density at radius 1 is 1.05 bits per heavy atom. The van der Waals surface area contributed by atoms with Crippen molar-refractivity contribution in [1.82, 2.24) is 0 Å². The van der Waals surface area contributed by atoms with E-state index >= 15 is 0 Å². The predicted molar refractivity (Wildman–Crippen MR) is 64.9 cm³/mol. The van der Waals surface area contributed by atoms with Gasteiger partial charge < -0.3 is 20.0 Å². The van der Waals surface area contributed by atoms with E-state index < -0.39 is 30.0 Å². The number of ether oxygens (including phenoxy) is 1. The summed E-state index contributed by atoms with van der Waals surface area (Å²) in [4.78, 5) is 23.4. The van der Waals surface area contributed by atoms with Gasteiger partial charge in [0, 0.05) is 17.6 Å². The van der Waals surface area contributed by atoms with E-state index in [9.17, 15) is 14.7 Å². The Hall–Kier alpha value is -2.14. The second kappa shape index (κ2) is 4.51. The molecular formula is C14H12NO4-. The van der Waals surface area contributed by atoms with Crippen molar-refractivity contribution in [3.8, 4) is 0 Å². The first-order valence-electron chi connectivity index (χ1n) is 6.07. The average Bonchev–Trinajstić information content (AvgIpc) is 2.99. The standard InChI is InChI=1S/C14H13NO4/c16-13(15-8-4-2-1-3-5-8)11-9-6-7-10(19-9)12(11)14(17)18/h1-7,9-12H,(H,15,16)(H,17,18)/p-1/t9-,10+,11-,12+/m1/s1. The highest BCUT2D eigenvalue weighted by Crippen LogP contribution is 2.39. The van der Waals surface area contributed by atoms with Crippen LogP contribution in [0.25, 0.3) is 0 Å². The van der Waals surface area contributed by atoms with Gasteiger partial charge in [0.05, 0.1) is 18.1 Å². The lowest BCUT2D eigenvalue weighted by molar-refractivity contribution is -0.313. The summed E-state index contributed by atoms with van der Waals surface area (Å²) in [7, 11) is 0. The maximum atomic E-state index is 12.2. The van der Waals surface area contributed by atoms with Crippen LogP contribution in [-0.4, -0.2) is 24.1 Å². The Morgan fingerprint density at radius 2 is 1.68 bits per heavy atom. The number of anilines is 1. The van der Waals surface area contributed by atoms with Crippen LogP contribution in [0, 0.1) is 11.8 Å². The molecule has 5 heteroatoms. The van der Waals surface area contributed by atoms with Gasteiger partial charge in [0.15, 0.2) is 0 Å². The van der Waals surface area contributed by atoms with Crippen LogP contribution >= 0.6 is 0 Å². The van der Waals surface area contributed by atoms with Crippen LogP contribution in [-0.2, 0) is 14.3 Å². The third-order valence-electron chi connectivity index (χ3n) is 3.52. The zero-order valence-electron chi connectivity index (χ0n) is 9.98. The van der Waals surface area contributed by atoms with Crippen molar-refractivity contribution in [2.24, 2.45) is 11.8 Å². The number of rotatable bonds is 3. The molecule has 0 aromatic heterocycles. The number of benzene rings is 1. The van der Waals surface area contributed by atoms with E-state index in [1.165, 1.54) is 0 Å². The Morgan fingerprint density at radius 3 is 2.32 bits per heavy atom. The number of hydrogen-bond donors (Lipinski definition) is 1. The SMILES string of the molecule is O=C([O-])[C@@H]1[C@H](C(=O)Nc2ccccc2)[C@H]2C=C[C@@H]1O2. The molecule has 2 aliphatic heterocycles. The highest BCUT2D eigenvalue weighted by molar-refractivity contribution is 5.96. The second-order valence-corrected chi connectivity index (χ2v) is 4.68. The lowest BCUT2D eigenvalue weighted by atomic mass is 9.82. The number of amides is 1. The number of fused-ring (bicyclic) bond motifs is 2. The topological polar surface area (TPSA) is 78.5 Å². The molecule has 19 heavy (non-hydrogen) atoms. The Balaban J connectivity index is 1.79. The molecule has 1 aromatic carbocycles. The lowest BCUT2D eigenvalue weighted by Crippen LogP contribution is -2.45. The molecule has 3 rings (SSSR count). The van der Waals surface area contributed by atoms with Crippen molar-refractivity contribution in [3.05, 3.63) is 42.5 Å². The normalized spacial score (nSPS) is 31.4. The second-order valence-electron chi connectivity index (χ2n) is 4.68.